The Balaban J connectivity index is 1.57. The lowest BCUT2D eigenvalue weighted by Crippen LogP contribution is -2.44. The molecule has 0 saturated carbocycles. The fourth-order valence-electron chi connectivity index (χ4n) is 2.83. The molecular formula is C19H25N5OS. The van der Waals surface area contributed by atoms with Crippen molar-refractivity contribution in [3.05, 3.63) is 41.4 Å². The zero-order chi connectivity index (χ0) is 18.2. The van der Waals surface area contributed by atoms with Gasteiger partial charge in [0.05, 0.1) is 18.8 Å². The molecule has 138 valence electrons. The summed E-state index contributed by atoms with van der Waals surface area (Å²) in [7, 11) is 0. The van der Waals surface area contributed by atoms with Gasteiger partial charge in [0, 0.05) is 30.6 Å². The minimum Gasteiger partial charge on any atom is -0.357 e. The summed E-state index contributed by atoms with van der Waals surface area (Å²) < 4.78 is 0. The molecule has 1 aliphatic rings. The van der Waals surface area contributed by atoms with E-state index in [9.17, 15) is 4.79 Å². The van der Waals surface area contributed by atoms with Crippen molar-refractivity contribution in [2.75, 3.05) is 26.2 Å². The molecule has 7 heteroatoms. The van der Waals surface area contributed by atoms with Gasteiger partial charge in [-0.2, -0.15) is 0 Å². The Morgan fingerprint density at radius 2 is 2.00 bits per heavy atom. The number of aromatic nitrogens is 1. The summed E-state index contributed by atoms with van der Waals surface area (Å²) in [5.74, 6) is 0.780. The van der Waals surface area contributed by atoms with E-state index < -0.39 is 0 Å². The van der Waals surface area contributed by atoms with Crippen molar-refractivity contribution < 1.29 is 4.79 Å². The number of benzene rings is 1. The van der Waals surface area contributed by atoms with Crippen LogP contribution in [-0.4, -0.2) is 47.9 Å². The molecule has 0 spiro atoms. The molecular weight excluding hydrogens is 346 g/mol. The third-order valence-corrected chi connectivity index (χ3v) is 5.12. The van der Waals surface area contributed by atoms with Crippen LogP contribution in [0.1, 0.15) is 25.5 Å². The fraction of sp³-hybridized carbons (Fsp3) is 0.421. The maximum atomic E-state index is 12.2. The van der Waals surface area contributed by atoms with Crippen LogP contribution >= 0.6 is 11.3 Å². The second kappa shape index (κ2) is 9.33. The number of nitrogens with one attached hydrogen (secondary N) is 2. The SMILES string of the molecule is CCNC(=NCc1csc(-c2ccccc2)n1)NCC(=O)N1CCCC1. The molecule has 0 aliphatic carbocycles. The van der Waals surface area contributed by atoms with Gasteiger partial charge in [-0.05, 0) is 19.8 Å². The van der Waals surface area contributed by atoms with Crippen LogP contribution in [0.25, 0.3) is 10.6 Å². The van der Waals surface area contributed by atoms with Crippen molar-refractivity contribution in [1.82, 2.24) is 20.5 Å². The summed E-state index contributed by atoms with van der Waals surface area (Å²) in [5, 5.41) is 9.34. The van der Waals surface area contributed by atoms with E-state index in [0.29, 0.717) is 12.5 Å². The van der Waals surface area contributed by atoms with Gasteiger partial charge in [0.1, 0.15) is 5.01 Å². The van der Waals surface area contributed by atoms with Crippen LogP contribution in [0, 0.1) is 0 Å². The first kappa shape index (κ1) is 18.4. The van der Waals surface area contributed by atoms with E-state index in [1.807, 2.05) is 35.4 Å². The molecule has 26 heavy (non-hydrogen) atoms. The number of guanidine groups is 1. The molecule has 3 rings (SSSR count). The van der Waals surface area contributed by atoms with E-state index in [1.165, 1.54) is 0 Å². The zero-order valence-electron chi connectivity index (χ0n) is 15.1. The van der Waals surface area contributed by atoms with E-state index in [1.54, 1.807) is 11.3 Å². The number of rotatable bonds is 6. The molecule has 1 fully saturated rings. The Morgan fingerprint density at radius 3 is 2.73 bits per heavy atom. The van der Waals surface area contributed by atoms with E-state index in [0.717, 1.165) is 48.7 Å². The van der Waals surface area contributed by atoms with Crippen LogP contribution in [0.3, 0.4) is 0 Å². The smallest absolute Gasteiger partial charge is 0.241 e. The second-order valence-electron chi connectivity index (χ2n) is 6.15. The van der Waals surface area contributed by atoms with Crippen molar-refractivity contribution in [2.24, 2.45) is 4.99 Å². The maximum absolute atomic E-state index is 12.2. The molecule has 1 aromatic carbocycles. The summed E-state index contributed by atoms with van der Waals surface area (Å²) in [6.45, 7) is 5.26. The Labute approximate surface area is 158 Å². The highest BCUT2D eigenvalue weighted by Gasteiger charge is 2.17. The number of aliphatic imine (C=N–C) groups is 1. The maximum Gasteiger partial charge on any atom is 0.241 e. The van der Waals surface area contributed by atoms with Crippen LogP contribution in [0.15, 0.2) is 40.7 Å². The number of hydrogen-bond donors (Lipinski definition) is 2. The summed E-state index contributed by atoms with van der Waals surface area (Å²) in [5.41, 5.74) is 2.05. The summed E-state index contributed by atoms with van der Waals surface area (Å²) >= 11 is 1.62. The van der Waals surface area contributed by atoms with E-state index in [2.05, 4.69) is 32.7 Å². The number of thiazole rings is 1. The molecule has 6 nitrogen and oxygen atoms in total. The Hall–Kier alpha value is -2.41. The lowest BCUT2D eigenvalue weighted by Gasteiger charge is -2.17. The summed E-state index contributed by atoms with van der Waals surface area (Å²) in [6, 6.07) is 10.1. The molecule has 2 heterocycles. The van der Waals surface area contributed by atoms with Crippen LogP contribution in [0.4, 0.5) is 0 Å². The Kier molecular flexibility index (Phi) is 6.60. The first-order chi connectivity index (χ1) is 12.8. The molecule has 2 aromatic rings. The van der Waals surface area contributed by atoms with Gasteiger partial charge in [-0.15, -0.1) is 11.3 Å². The monoisotopic (exact) mass is 371 g/mol. The number of nitrogens with zero attached hydrogens (tertiary/aromatic N) is 3. The molecule has 0 bridgehead atoms. The minimum atomic E-state index is 0.133. The molecule has 1 aromatic heterocycles. The molecule has 0 radical (unpaired) electrons. The van der Waals surface area contributed by atoms with Crippen molar-refractivity contribution >= 4 is 23.2 Å². The standard InChI is InChI=1S/C19H25N5OS/c1-2-20-19(22-13-17(25)24-10-6-7-11-24)21-12-16-14-26-18(23-16)15-8-4-3-5-9-15/h3-5,8-9,14H,2,6-7,10-13H2,1H3,(H2,20,21,22). The van der Waals surface area contributed by atoms with Crippen LogP contribution < -0.4 is 10.6 Å². The number of carbonyl (C=O) groups is 1. The fourth-order valence-corrected chi connectivity index (χ4v) is 3.65. The highest BCUT2D eigenvalue weighted by Crippen LogP contribution is 2.23. The van der Waals surface area contributed by atoms with Crippen molar-refractivity contribution in [3.8, 4) is 10.6 Å². The normalized spacial score (nSPS) is 14.5. The average Bonchev–Trinajstić information content (AvgIpc) is 3.36. The Bertz CT molecular complexity index is 737. The zero-order valence-corrected chi connectivity index (χ0v) is 15.9. The number of amides is 1. The lowest BCUT2D eigenvalue weighted by molar-refractivity contribution is -0.128. The molecule has 2 N–H and O–H groups in total. The van der Waals surface area contributed by atoms with Crippen LogP contribution in [0.5, 0.6) is 0 Å². The summed E-state index contributed by atoms with van der Waals surface area (Å²) in [6.07, 6.45) is 2.21. The number of carbonyl (C=O) groups excluding carboxylic acids is 1. The van der Waals surface area contributed by atoms with Gasteiger partial charge in [-0.1, -0.05) is 30.3 Å². The predicted octanol–water partition coefficient (Wildman–Crippen LogP) is 2.49. The molecule has 1 amide bonds. The highest BCUT2D eigenvalue weighted by molar-refractivity contribution is 7.13. The van der Waals surface area contributed by atoms with Crippen molar-refractivity contribution in [1.29, 1.82) is 0 Å². The molecule has 0 atom stereocenters. The van der Waals surface area contributed by atoms with Gasteiger partial charge in [-0.3, -0.25) is 4.79 Å². The Morgan fingerprint density at radius 1 is 1.23 bits per heavy atom. The van der Waals surface area contributed by atoms with Gasteiger partial charge in [0.25, 0.3) is 0 Å². The van der Waals surface area contributed by atoms with Crippen LogP contribution in [-0.2, 0) is 11.3 Å². The minimum absolute atomic E-state index is 0.133. The molecule has 1 saturated heterocycles. The lowest BCUT2D eigenvalue weighted by atomic mass is 10.2. The van der Waals surface area contributed by atoms with Crippen molar-refractivity contribution in [3.63, 3.8) is 0 Å². The quantitative estimate of drug-likeness (QED) is 0.605. The number of likely N-dealkylation sites (tertiary alicyclic amines) is 1. The third-order valence-electron chi connectivity index (χ3n) is 4.18. The van der Waals surface area contributed by atoms with Crippen molar-refractivity contribution in [2.45, 2.75) is 26.3 Å². The average molecular weight is 372 g/mol. The van der Waals surface area contributed by atoms with E-state index >= 15 is 0 Å². The first-order valence-electron chi connectivity index (χ1n) is 9.06. The third kappa shape index (κ3) is 5.05. The highest BCUT2D eigenvalue weighted by atomic mass is 32.1. The first-order valence-corrected chi connectivity index (χ1v) is 9.94. The second-order valence-corrected chi connectivity index (χ2v) is 7.00. The summed E-state index contributed by atoms with van der Waals surface area (Å²) in [4.78, 5) is 23.3. The molecule has 1 aliphatic heterocycles. The largest absolute Gasteiger partial charge is 0.357 e. The van der Waals surface area contributed by atoms with Gasteiger partial charge < -0.3 is 15.5 Å². The van der Waals surface area contributed by atoms with Gasteiger partial charge >= 0.3 is 0 Å². The van der Waals surface area contributed by atoms with E-state index in [-0.39, 0.29) is 12.5 Å². The van der Waals surface area contributed by atoms with E-state index in [4.69, 9.17) is 0 Å². The van der Waals surface area contributed by atoms with Gasteiger partial charge in [0.15, 0.2) is 5.96 Å². The van der Waals surface area contributed by atoms with Gasteiger partial charge in [0.2, 0.25) is 5.91 Å². The predicted molar refractivity (Wildman–Crippen MR) is 106 cm³/mol. The number of hydrogen-bond acceptors (Lipinski definition) is 4. The topological polar surface area (TPSA) is 69.6 Å². The molecule has 0 unspecified atom stereocenters. The van der Waals surface area contributed by atoms with Gasteiger partial charge in [-0.25, -0.2) is 9.98 Å². The van der Waals surface area contributed by atoms with Crippen LogP contribution in [0.2, 0.25) is 0 Å².